The Morgan fingerprint density at radius 2 is 1.58 bits per heavy atom. The summed E-state index contributed by atoms with van der Waals surface area (Å²) in [6.45, 7) is 7.83. The van der Waals surface area contributed by atoms with E-state index in [1.807, 2.05) is 27.7 Å². The summed E-state index contributed by atoms with van der Waals surface area (Å²) >= 11 is 0. The van der Waals surface area contributed by atoms with Gasteiger partial charge in [0.15, 0.2) is 0 Å². The van der Waals surface area contributed by atoms with Gasteiger partial charge in [0.1, 0.15) is 0 Å². The number of alkyl halides is 3. The van der Waals surface area contributed by atoms with Crippen molar-refractivity contribution in [2.45, 2.75) is 63.7 Å². The lowest BCUT2D eigenvalue weighted by molar-refractivity contribution is -0.139. The van der Waals surface area contributed by atoms with Crippen molar-refractivity contribution >= 4 is 7.12 Å². The lowest BCUT2D eigenvalue weighted by Crippen LogP contribution is -2.41. The average molecular weight is 340 g/mol. The Morgan fingerprint density at radius 1 is 1.04 bits per heavy atom. The van der Waals surface area contributed by atoms with Crippen LogP contribution in [0.25, 0.3) is 0 Å². The molecular formula is C18H24BF3O2. The predicted molar refractivity (Wildman–Crippen MR) is 89.9 cm³/mol. The highest BCUT2D eigenvalue weighted by Crippen LogP contribution is 2.38. The molecule has 0 aromatic heterocycles. The van der Waals surface area contributed by atoms with Crippen molar-refractivity contribution in [2.75, 3.05) is 0 Å². The maximum absolute atomic E-state index is 13.2. The van der Waals surface area contributed by atoms with E-state index in [4.69, 9.17) is 9.31 Å². The molecule has 1 saturated heterocycles. The zero-order valence-corrected chi connectivity index (χ0v) is 14.6. The second kappa shape index (κ2) is 6.92. The number of benzene rings is 1. The van der Waals surface area contributed by atoms with Crippen LogP contribution in [0.5, 0.6) is 0 Å². The standard InChI is InChI=1S/C18H24BF3O2/c1-16(2)17(3,4)24-19(23-16)13-9-8-12-15(18(20,21)22)14-10-6-5-7-11-14/h5-8,10-12,15H,9,13H2,1-4H3. The molecule has 0 saturated carbocycles. The quantitative estimate of drug-likeness (QED) is 0.530. The zero-order chi connectivity index (χ0) is 18.0. The summed E-state index contributed by atoms with van der Waals surface area (Å²) in [5.74, 6) is -1.59. The van der Waals surface area contributed by atoms with E-state index >= 15 is 0 Å². The number of halogens is 3. The van der Waals surface area contributed by atoms with Crippen LogP contribution in [0.4, 0.5) is 13.2 Å². The summed E-state index contributed by atoms with van der Waals surface area (Å²) in [6.07, 6.45) is -0.516. The molecule has 132 valence electrons. The van der Waals surface area contributed by atoms with Gasteiger partial charge in [0.05, 0.1) is 17.1 Å². The molecule has 1 unspecified atom stereocenters. The molecular weight excluding hydrogens is 316 g/mol. The van der Waals surface area contributed by atoms with Crippen LogP contribution in [0, 0.1) is 0 Å². The fourth-order valence-corrected chi connectivity index (χ4v) is 2.62. The molecule has 0 spiro atoms. The van der Waals surface area contributed by atoms with Crippen molar-refractivity contribution in [3.05, 3.63) is 48.0 Å². The molecule has 0 N–H and O–H groups in total. The minimum Gasteiger partial charge on any atom is -0.403 e. The van der Waals surface area contributed by atoms with Crippen molar-refractivity contribution in [3.8, 4) is 0 Å². The summed E-state index contributed by atoms with van der Waals surface area (Å²) in [5.41, 5.74) is -0.586. The number of hydrogen-bond donors (Lipinski definition) is 0. The average Bonchev–Trinajstić information content (AvgIpc) is 2.66. The first-order valence-corrected chi connectivity index (χ1v) is 8.17. The molecule has 1 fully saturated rings. The van der Waals surface area contributed by atoms with Crippen LogP contribution in [-0.4, -0.2) is 24.5 Å². The first-order chi connectivity index (χ1) is 11.0. The van der Waals surface area contributed by atoms with Gasteiger partial charge >= 0.3 is 13.3 Å². The van der Waals surface area contributed by atoms with Gasteiger partial charge in [0.2, 0.25) is 0 Å². The van der Waals surface area contributed by atoms with E-state index in [0.29, 0.717) is 12.7 Å². The van der Waals surface area contributed by atoms with E-state index in [-0.39, 0.29) is 12.7 Å². The van der Waals surface area contributed by atoms with Gasteiger partial charge in [-0.2, -0.15) is 13.2 Å². The molecule has 2 rings (SSSR count). The van der Waals surface area contributed by atoms with Gasteiger partial charge in [-0.3, -0.25) is 0 Å². The fourth-order valence-electron chi connectivity index (χ4n) is 2.62. The second-order valence-electron chi connectivity index (χ2n) is 7.12. The molecule has 0 aliphatic carbocycles. The van der Waals surface area contributed by atoms with Crippen molar-refractivity contribution in [1.82, 2.24) is 0 Å². The lowest BCUT2D eigenvalue weighted by Gasteiger charge is -2.32. The third kappa shape index (κ3) is 4.42. The molecule has 1 aromatic rings. The van der Waals surface area contributed by atoms with Crippen molar-refractivity contribution in [3.63, 3.8) is 0 Å². The van der Waals surface area contributed by atoms with Crippen LogP contribution in [0.15, 0.2) is 42.5 Å². The maximum atomic E-state index is 13.2. The van der Waals surface area contributed by atoms with E-state index in [1.54, 1.807) is 24.3 Å². The number of rotatable bonds is 5. The smallest absolute Gasteiger partial charge is 0.403 e. The highest BCUT2D eigenvalue weighted by Gasteiger charge is 2.50. The SMILES string of the molecule is CC1(C)OB(CCC=CC(c2ccccc2)C(F)(F)F)OC1(C)C. The molecule has 1 atom stereocenters. The summed E-state index contributed by atoms with van der Waals surface area (Å²) < 4.78 is 51.4. The summed E-state index contributed by atoms with van der Waals surface area (Å²) in [6, 6.07) is 7.94. The molecule has 0 amide bonds. The van der Waals surface area contributed by atoms with E-state index in [0.717, 1.165) is 0 Å². The van der Waals surface area contributed by atoms with Gasteiger partial charge in [-0.25, -0.2) is 0 Å². The van der Waals surface area contributed by atoms with Gasteiger partial charge in [-0.15, -0.1) is 0 Å². The largest absolute Gasteiger partial charge is 0.458 e. The van der Waals surface area contributed by atoms with Crippen molar-refractivity contribution in [2.24, 2.45) is 0 Å². The third-order valence-electron chi connectivity index (χ3n) is 4.71. The Morgan fingerprint density at radius 3 is 2.08 bits per heavy atom. The summed E-state index contributed by atoms with van der Waals surface area (Å²) in [7, 11) is -0.388. The van der Waals surface area contributed by atoms with Crippen LogP contribution in [0.3, 0.4) is 0 Å². The molecule has 1 aliphatic heterocycles. The molecule has 1 aliphatic rings. The minimum atomic E-state index is -4.30. The monoisotopic (exact) mass is 340 g/mol. The predicted octanol–water partition coefficient (Wildman–Crippen LogP) is 5.37. The Kier molecular flexibility index (Phi) is 5.50. The molecule has 2 nitrogen and oxygen atoms in total. The van der Waals surface area contributed by atoms with Crippen LogP contribution < -0.4 is 0 Å². The van der Waals surface area contributed by atoms with Crippen LogP contribution >= 0.6 is 0 Å². The van der Waals surface area contributed by atoms with Gasteiger partial charge < -0.3 is 9.31 Å². The van der Waals surface area contributed by atoms with E-state index < -0.39 is 23.3 Å². The highest BCUT2D eigenvalue weighted by atomic mass is 19.4. The molecule has 6 heteroatoms. The van der Waals surface area contributed by atoms with Crippen LogP contribution in [0.1, 0.15) is 45.6 Å². The van der Waals surface area contributed by atoms with Gasteiger partial charge in [0, 0.05) is 0 Å². The maximum Gasteiger partial charge on any atom is 0.458 e. The lowest BCUT2D eigenvalue weighted by atomic mass is 9.83. The van der Waals surface area contributed by atoms with E-state index in [2.05, 4.69) is 0 Å². The second-order valence-corrected chi connectivity index (χ2v) is 7.12. The minimum absolute atomic E-state index is 0.247. The zero-order valence-electron chi connectivity index (χ0n) is 14.6. The van der Waals surface area contributed by atoms with Gasteiger partial charge in [0.25, 0.3) is 0 Å². The number of hydrogen-bond acceptors (Lipinski definition) is 2. The topological polar surface area (TPSA) is 18.5 Å². The Balaban J connectivity index is 1.95. The van der Waals surface area contributed by atoms with Gasteiger partial charge in [-0.1, -0.05) is 42.5 Å². The Hall–Kier alpha value is -1.27. The highest BCUT2D eigenvalue weighted by molar-refractivity contribution is 6.45. The molecule has 1 aromatic carbocycles. The van der Waals surface area contributed by atoms with Crippen LogP contribution in [0.2, 0.25) is 6.32 Å². The van der Waals surface area contributed by atoms with E-state index in [1.165, 1.54) is 18.2 Å². The van der Waals surface area contributed by atoms with Crippen LogP contribution in [-0.2, 0) is 9.31 Å². The van der Waals surface area contributed by atoms with E-state index in [9.17, 15) is 13.2 Å². The van der Waals surface area contributed by atoms with Crippen molar-refractivity contribution < 1.29 is 22.5 Å². The summed E-state index contributed by atoms with van der Waals surface area (Å²) in [4.78, 5) is 0. The Bertz CT molecular complexity index is 551. The third-order valence-corrected chi connectivity index (χ3v) is 4.71. The Labute approximate surface area is 142 Å². The first-order valence-electron chi connectivity index (χ1n) is 8.17. The summed E-state index contributed by atoms with van der Waals surface area (Å²) in [5, 5.41) is 0. The van der Waals surface area contributed by atoms with Crippen molar-refractivity contribution in [1.29, 1.82) is 0 Å². The molecule has 0 radical (unpaired) electrons. The van der Waals surface area contributed by atoms with Gasteiger partial charge in [-0.05, 0) is 46.0 Å². The first kappa shape index (κ1) is 19.1. The fraction of sp³-hybridized carbons (Fsp3) is 0.556. The molecule has 0 bridgehead atoms. The number of allylic oxidation sites excluding steroid dienone is 2. The normalized spacial score (nSPS) is 21.4. The molecule has 1 heterocycles. The molecule has 24 heavy (non-hydrogen) atoms.